The van der Waals surface area contributed by atoms with Gasteiger partial charge in [0.15, 0.2) is 28.8 Å². The van der Waals surface area contributed by atoms with Crippen LogP contribution in [-0.2, 0) is 13.0 Å². The van der Waals surface area contributed by atoms with Crippen LogP contribution in [0.1, 0.15) is 21.8 Å². The third-order valence-corrected chi connectivity index (χ3v) is 3.89. The molecule has 1 aromatic heterocycles. The van der Waals surface area contributed by atoms with Gasteiger partial charge in [0.25, 0.3) is 5.91 Å². The van der Waals surface area contributed by atoms with Crippen LogP contribution in [0.3, 0.4) is 0 Å². The number of aromatic nitrogens is 1. The van der Waals surface area contributed by atoms with Gasteiger partial charge in [-0.1, -0.05) is 35.0 Å². The number of carbonyl (C=O) groups is 1. The van der Waals surface area contributed by atoms with E-state index in [1.807, 2.05) is 18.2 Å². The first-order valence-electron chi connectivity index (χ1n) is 8.08. The lowest BCUT2D eigenvalue weighted by atomic mass is 10.1. The van der Waals surface area contributed by atoms with Crippen LogP contribution in [0.25, 0.3) is 0 Å². The molecule has 1 heterocycles. The van der Waals surface area contributed by atoms with Crippen LogP contribution in [0.2, 0.25) is 5.02 Å². The number of para-hydroxylation sites is 1. The summed E-state index contributed by atoms with van der Waals surface area (Å²) in [5.41, 5.74) is 1.04. The first-order valence-corrected chi connectivity index (χ1v) is 8.46. The van der Waals surface area contributed by atoms with Gasteiger partial charge in [0, 0.05) is 17.6 Å². The highest BCUT2D eigenvalue weighted by atomic mass is 35.5. The van der Waals surface area contributed by atoms with Gasteiger partial charge in [0.1, 0.15) is 6.61 Å². The van der Waals surface area contributed by atoms with Crippen molar-refractivity contribution in [3.05, 3.63) is 82.2 Å². The van der Waals surface area contributed by atoms with Crippen molar-refractivity contribution in [1.82, 2.24) is 10.5 Å². The summed E-state index contributed by atoms with van der Waals surface area (Å²) in [5.74, 6) is -2.43. The monoisotopic (exact) mass is 392 g/mol. The zero-order valence-corrected chi connectivity index (χ0v) is 14.8. The molecule has 0 saturated carbocycles. The summed E-state index contributed by atoms with van der Waals surface area (Å²) in [7, 11) is 0. The number of halogens is 3. The molecule has 0 aliphatic carbocycles. The second-order valence-corrected chi connectivity index (χ2v) is 6.09. The first kappa shape index (κ1) is 18.8. The summed E-state index contributed by atoms with van der Waals surface area (Å²) in [6.07, 6.45) is 0.604. The molecular weight excluding hydrogens is 378 g/mol. The first-order chi connectivity index (χ1) is 13.0. The number of rotatable bonds is 7. The number of amides is 1. The molecule has 1 amide bonds. The fraction of sp³-hybridized carbons (Fsp3) is 0.158. The average molecular weight is 393 g/mol. The van der Waals surface area contributed by atoms with Crippen molar-refractivity contribution in [3.63, 3.8) is 0 Å². The minimum atomic E-state index is -0.825. The second-order valence-electron chi connectivity index (χ2n) is 5.65. The molecule has 2 aromatic carbocycles. The molecule has 0 fully saturated rings. The SMILES string of the molecule is O=C(NCCc1cccc(Cl)c1)c1cc(COc2c(F)cccc2F)on1. The third kappa shape index (κ3) is 5.04. The lowest BCUT2D eigenvalue weighted by Gasteiger charge is -2.05. The van der Waals surface area contributed by atoms with Gasteiger partial charge < -0.3 is 14.6 Å². The van der Waals surface area contributed by atoms with Crippen molar-refractivity contribution in [2.24, 2.45) is 0 Å². The number of nitrogens with zero attached hydrogens (tertiary/aromatic N) is 1. The van der Waals surface area contributed by atoms with E-state index in [-0.39, 0.29) is 18.1 Å². The van der Waals surface area contributed by atoms with E-state index in [1.165, 1.54) is 12.1 Å². The fourth-order valence-electron chi connectivity index (χ4n) is 2.36. The number of carbonyl (C=O) groups excluding carboxylic acids is 1. The van der Waals surface area contributed by atoms with Crippen molar-refractivity contribution >= 4 is 17.5 Å². The normalized spacial score (nSPS) is 10.6. The Kier molecular flexibility index (Phi) is 6.03. The largest absolute Gasteiger partial charge is 0.479 e. The predicted octanol–water partition coefficient (Wildman–Crippen LogP) is 4.16. The molecule has 0 spiro atoms. The third-order valence-electron chi connectivity index (χ3n) is 3.66. The van der Waals surface area contributed by atoms with Crippen LogP contribution in [0, 0.1) is 11.6 Å². The summed E-state index contributed by atoms with van der Waals surface area (Å²) < 4.78 is 37.1. The Bertz CT molecular complexity index is 926. The smallest absolute Gasteiger partial charge is 0.273 e. The van der Waals surface area contributed by atoms with Crippen molar-refractivity contribution < 1.29 is 22.8 Å². The standard InChI is InChI=1S/C19H15ClF2N2O3/c20-13-4-1-3-12(9-13)7-8-23-19(25)17-10-14(27-24-17)11-26-18-15(21)5-2-6-16(18)22/h1-6,9-10H,7-8,11H2,(H,23,25). The van der Waals surface area contributed by atoms with Crippen molar-refractivity contribution in [2.45, 2.75) is 13.0 Å². The maximum absolute atomic E-state index is 13.5. The highest BCUT2D eigenvalue weighted by molar-refractivity contribution is 6.30. The van der Waals surface area contributed by atoms with Gasteiger partial charge in [0.2, 0.25) is 0 Å². The van der Waals surface area contributed by atoms with Gasteiger partial charge in [-0.3, -0.25) is 4.79 Å². The number of benzene rings is 2. The van der Waals surface area contributed by atoms with E-state index in [0.29, 0.717) is 18.0 Å². The zero-order chi connectivity index (χ0) is 19.2. The molecule has 1 N–H and O–H groups in total. The van der Waals surface area contributed by atoms with Crippen LogP contribution in [0.5, 0.6) is 5.75 Å². The minimum absolute atomic E-state index is 0.0497. The summed E-state index contributed by atoms with van der Waals surface area (Å²) >= 11 is 5.91. The van der Waals surface area contributed by atoms with Crippen LogP contribution < -0.4 is 10.1 Å². The summed E-state index contributed by atoms with van der Waals surface area (Å²) in [6, 6.07) is 12.1. The van der Waals surface area contributed by atoms with Crippen molar-refractivity contribution in [1.29, 1.82) is 0 Å². The molecule has 3 aromatic rings. The Labute approximate surface area is 158 Å². The van der Waals surface area contributed by atoms with Gasteiger partial charge in [-0.2, -0.15) is 0 Å². The molecule has 140 valence electrons. The van der Waals surface area contributed by atoms with E-state index < -0.39 is 23.3 Å². The van der Waals surface area contributed by atoms with E-state index in [2.05, 4.69) is 10.5 Å². The molecule has 0 aliphatic heterocycles. The Hall–Kier alpha value is -2.93. The molecule has 0 aliphatic rings. The lowest BCUT2D eigenvalue weighted by Crippen LogP contribution is -2.25. The molecule has 8 heteroatoms. The average Bonchev–Trinajstić information content (AvgIpc) is 3.10. The van der Waals surface area contributed by atoms with E-state index in [4.69, 9.17) is 20.9 Å². The molecule has 0 unspecified atom stereocenters. The van der Waals surface area contributed by atoms with Crippen LogP contribution in [-0.4, -0.2) is 17.6 Å². The minimum Gasteiger partial charge on any atom is -0.479 e. The van der Waals surface area contributed by atoms with Crippen molar-refractivity contribution in [3.8, 4) is 5.75 Å². The van der Waals surface area contributed by atoms with E-state index >= 15 is 0 Å². The fourth-order valence-corrected chi connectivity index (χ4v) is 2.57. The Morgan fingerprint density at radius 1 is 1.15 bits per heavy atom. The highest BCUT2D eigenvalue weighted by Crippen LogP contribution is 2.22. The quantitative estimate of drug-likeness (QED) is 0.655. The van der Waals surface area contributed by atoms with Crippen LogP contribution in [0.15, 0.2) is 53.1 Å². The Morgan fingerprint density at radius 2 is 1.89 bits per heavy atom. The molecule has 5 nitrogen and oxygen atoms in total. The van der Waals surface area contributed by atoms with Crippen LogP contribution >= 0.6 is 11.6 Å². The number of hydrogen-bond acceptors (Lipinski definition) is 4. The zero-order valence-electron chi connectivity index (χ0n) is 14.0. The van der Waals surface area contributed by atoms with Gasteiger partial charge in [-0.05, 0) is 36.2 Å². The Balaban J connectivity index is 1.51. The summed E-state index contributed by atoms with van der Waals surface area (Å²) in [4.78, 5) is 12.1. The van der Waals surface area contributed by atoms with Crippen LogP contribution in [0.4, 0.5) is 8.78 Å². The molecule has 3 rings (SSSR count). The molecule has 0 saturated heterocycles. The maximum atomic E-state index is 13.5. The van der Waals surface area contributed by atoms with Gasteiger partial charge in [-0.15, -0.1) is 0 Å². The van der Waals surface area contributed by atoms with E-state index in [0.717, 1.165) is 17.7 Å². The van der Waals surface area contributed by atoms with Gasteiger partial charge in [-0.25, -0.2) is 8.78 Å². The topological polar surface area (TPSA) is 64.4 Å². The summed E-state index contributed by atoms with van der Waals surface area (Å²) in [5, 5.41) is 6.98. The summed E-state index contributed by atoms with van der Waals surface area (Å²) in [6.45, 7) is 0.124. The number of ether oxygens (including phenoxy) is 1. The van der Waals surface area contributed by atoms with Gasteiger partial charge in [0.05, 0.1) is 0 Å². The molecule has 0 atom stereocenters. The molecular formula is C19H15ClF2N2O3. The van der Waals surface area contributed by atoms with Gasteiger partial charge >= 0.3 is 0 Å². The number of hydrogen-bond donors (Lipinski definition) is 1. The van der Waals surface area contributed by atoms with E-state index in [9.17, 15) is 13.6 Å². The second kappa shape index (κ2) is 8.64. The predicted molar refractivity (Wildman–Crippen MR) is 94.7 cm³/mol. The van der Waals surface area contributed by atoms with E-state index in [1.54, 1.807) is 6.07 Å². The van der Waals surface area contributed by atoms with Crippen molar-refractivity contribution in [2.75, 3.05) is 6.54 Å². The molecule has 27 heavy (non-hydrogen) atoms. The molecule has 0 bridgehead atoms. The molecule has 0 radical (unpaired) electrons. The number of nitrogens with one attached hydrogen (secondary N) is 1. The lowest BCUT2D eigenvalue weighted by molar-refractivity contribution is 0.0944. The Morgan fingerprint density at radius 3 is 2.63 bits per heavy atom. The maximum Gasteiger partial charge on any atom is 0.273 e. The highest BCUT2D eigenvalue weighted by Gasteiger charge is 2.15.